The number of nitrogens with zero attached hydrogens (tertiary/aromatic N) is 1. The fourth-order valence-corrected chi connectivity index (χ4v) is 2.61. The van der Waals surface area contributed by atoms with Crippen LogP contribution in [0.1, 0.15) is 44.8 Å². The van der Waals surface area contributed by atoms with Crippen LogP contribution in [0.2, 0.25) is 0 Å². The van der Waals surface area contributed by atoms with Crippen LogP contribution in [0.4, 0.5) is 11.4 Å². The zero-order valence-electron chi connectivity index (χ0n) is 13.2. The van der Waals surface area contributed by atoms with E-state index >= 15 is 0 Å². The van der Waals surface area contributed by atoms with E-state index in [0.29, 0.717) is 22.9 Å². The molecule has 0 amide bonds. The Kier molecular flexibility index (Phi) is 5.65. The lowest BCUT2D eigenvalue weighted by molar-refractivity contribution is -0.147. The predicted octanol–water partition coefficient (Wildman–Crippen LogP) is 4.83. The molecular weight excluding hydrogens is 296 g/mol. The van der Waals surface area contributed by atoms with Crippen molar-refractivity contribution in [1.82, 2.24) is 0 Å². The summed E-state index contributed by atoms with van der Waals surface area (Å²) in [5.41, 5.74) is 3.67. The Bertz CT molecular complexity index is 715. The van der Waals surface area contributed by atoms with Crippen LogP contribution in [-0.4, -0.2) is 11.2 Å². The summed E-state index contributed by atoms with van der Waals surface area (Å²) in [6, 6.07) is 8.52. The predicted molar refractivity (Wildman–Crippen MR) is 88.8 cm³/mol. The van der Waals surface area contributed by atoms with Crippen LogP contribution in [0.15, 0.2) is 35.5 Å². The standard InChI is InChI=1S/C17H20N2O4/c1-3-4-5-17(23-11(2)20)12-6-7-13-14(10-12)16(19-22)9-8-15(13)18-21/h6-10,17-18,21H,3-5H2,1-2H3. The minimum atomic E-state index is -0.359. The Labute approximate surface area is 134 Å². The fraction of sp³-hybridized carbons (Fsp3) is 0.353. The van der Waals surface area contributed by atoms with Crippen molar-refractivity contribution < 1.29 is 14.7 Å². The Morgan fingerprint density at radius 2 is 2.09 bits per heavy atom. The molecule has 0 spiro atoms. The van der Waals surface area contributed by atoms with Gasteiger partial charge in [-0.1, -0.05) is 25.5 Å². The quantitative estimate of drug-likeness (QED) is 0.434. The molecule has 2 rings (SSSR count). The first-order valence-corrected chi connectivity index (χ1v) is 7.58. The minimum Gasteiger partial charge on any atom is -0.458 e. The maximum atomic E-state index is 11.3. The SMILES string of the molecule is CCCCC(OC(C)=O)c1ccc2c(NO)ccc(N=O)c2c1. The molecule has 2 aromatic carbocycles. The summed E-state index contributed by atoms with van der Waals surface area (Å²) >= 11 is 0. The first-order valence-electron chi connectivity index (χ1n) is 7.58. The molecule has 0 fully saturated rings. The number of nitrogens with one attached hydrogen (secondary N) is 1. The lowest BCUT2D eigenvalue weighted by atomic mass is 9.98. The fourth-order valence-electron chi connectivity index (χ4n) is 2.61. The van der Waals surface area contributed by atoms with E-state index in [-0.39, 0.29) is 17.8 Å². The summed E-state index contributed by atoms with van der Waals surface area (Å²) in [5, 5.41) is 13.5. The van der Waals surface area contributed by atoms with Gasteiger partial charge >= 0.3 is 5.97 Å². The lowest BCUT2D eigenvalue weighted by Gasteiger charge is -2.18. The highest BCUT2D eigenvalue weighted by Crippen LogP contribution is 2.35. The summed E-state index contributed by atoms with van der Waals surface area (Å²) in [7, 11) is 0. The molecule has 0 heterocycles. The highest BCUT2D eigenvalue weighted by molar-refractivity contribution is 6.01. The third-order valence-electron chi connectivity index (χ3n) is 3.74. The molecule has 0 aliphatic heterocycles. The molecule has 23 heavy (non-hydrogen) atoms. The van der Waals surface area contributed by atoms with Gasteiger partial charge in [0.1, 0.15) is 11.8 Å². The van der Waals surface area contributed by atoms with Crippen molar-refractivity contribution in [3.05, 3.63) is 40.8 Å². The summed E-state index contributed by atoms with van der Waals surface area (Å²) < 4.78 is 5.40. The number of unbranched alkanes of at least 4 members (excludes halogenated alkanes) is 1. The van der Waals surface area contributed by atoms with Crippen molar-refractivity contribution in [2.45, 2.75) is 39.2 Å². The third-order valence-corrected chi connectivity index (χ3v) is 3.74. The number of benzene rings is 2. The van der Waals surface area contributed by atoms with Crippen LogP contribution >= 0.6 is 0 Å². The number of anilines is 1. The summed E-state index contributed by atoms with van der Waals surface area (Å²) in [5.74, 6) is -0.342. The molecule has 0 radical (unpaired) electrons. The van der Waals surface area contributed by atoms with Crippen LogP contribution in [0.25, 0.3) is 10.8 Å². The maximum absolute atomic E-state index is 11.3. The maximum Gasteiger partial charge on any atom is 0.303 e. The molecule has 6 heteroatoms. The number of ether oxygens (including phenoxy) is 1. The second kappa shape index (κ2) is 7.69. The van der Waals surface area contributed by atoms with E-state index in [4.69, 9.17) is 4.74 Å². The molecule has 6 nitrogen and oxygen atoms in total. The average Bonchev–Trinajstić information content (AvgIpc) is 2.56. The van der Waals surface area contributed by atoms with Crippen molar-refractivity contribution >= 4 is 28.1 Å². The van der Waals surface area contributed by atoms with E-state index in [0.717, 1.165) is 18.4 Å². The Balaban J connectivity index is 2.51. The van der Waals surface area contributed by atoms with Crippen molar-refractivity contribution in [2.24, 2.45) is 5.18 Å². The molecule has 0 bridgehead atoms. The van der Waals surface area contributed by atoms with Gasteiger partial charge < -0.3 is 4.74 Å². The number of hydrogen-bond donors (Lipinski definition) is 2. The van der Waals surface area contributed by atoms with E-state index in [1.54, 1.807) is 18.2 Å². The van der Waals surface area contributed by atoms with Gasteiger partial charge in [0, 0.05) is 17.7 Å². The molecule has 0 aliphatic carbocycles. The lowest BCUT2D eigenvalue weighted by Crippen LogP contribution is -2.08. The van der Waals surface area contributed by atoms with Gasteiger partial charge in [0.2, 0.25) is 0 Å². The van der Waals surface area contributed by atoms with Gasteiger partial charge in [-0.2, -0.15) is 0 Å². The van der Waals surface area contributed by atoms with Gasteiger partial charge in [-0.05, 0) is 41.8 Å². The van der Waals surface area contributed by atoms with E-state index in [9.17, 15) is 14.9 Å². The third kappa shape index (κ3) is 3.84. The number of esters is 1. The number of fused-ring (bicyclic) bond motifs is 1. The first kappa shape index (κ1) is 16.9. The van der Waals surface area contributed by atoms with Crippen LogP contribution in [0.3, 0.4) is 0 Å². The number of nitroso groups, excluding NO2 is 1. The summed E-state index contributed by atoms with van der Waals surface area (Å²) in [6.45, 7) is 3.45. The number of carbonyl (C=O) groups is 1. The summed E-state index contributed by atoms with van der Waals surface area (Å²) in [6.07, 6.45) is 2.27. The molecule has 0 aromatic heterocycles. The van der Waals surface area contributed by atoms with Crippen LogP contribution in [0.5, 0.6) is 0 Å². The molecule has 2 N–H and O–H groups in total. The average molecular weight is 316 g/mol. The molecule has 1 atom stereocenters. The Morgan fingerprint density at radius 1 is 1.30 bits per heavy atom. The van der Waals surface area contributed by atoms with E-state index in [1.807, 2.05) is 6.07 Å². The van der Waals surface area contributed by atoms with Crippen LogP contribution in [-0.2, 0) is 9.53 Å². The zero-order valence-corrected chi connectivity index (χ0v) is 13.2. The Morgan fingerprint density at radius 3 is 2.70 bits per heavy atom. The largest absolute Gasteiger partial charge is 0.458 e. The van der Waals surface area contributed by atoms with Gasteiger partial charge in [-0.3, -0.25) is 15.5 Å². The molecule has 0 saturated heterocycles. The molecule has 1 unspecified atom stereocenters. The van der Waals surface area contributed by atoms with E-state index in [2.05, 4.69) is 17.6 Å². The second-order valence-corrected chi connectivity index (χ2v) is 5.38. The zero-order chi connectivity index (χ0) is 16.8. The minimum absolute atomic E-state index is 0.276. The molecular formula is C17H20N2O4. The smallest absolute Gasteiger partial charge is 0.303 e. The second-order valence-electron chi connectivity index (χ2n) is 5.38. The molecule has 122 valence electrons. The Hall–Kier alpha value is -2.47. The van der Waals surface area contributed by atoms with Crippen LogP contribution < -0.4 is 5.48 Å². The van der Waals surface area contributed by atoms with Gasteiger partial charge in [0.15, 0.2) is 0 Å². The molecule has 0 aliphatic rings. The molecule has 2 aromatic rings. The first-order chi connectivity index (χ1) is 11.1. The van der Waals surface area contributed by atoms with Crippen LogP contribution in [0, 0.1) is 4.91 Å². The van der Waals surface area contributed by atoms with Crippen molar-refractivity contribution in [2.75, 3.05) is 5.48 Å². The highest BCUT2D eigenvalue weighted by Gasteiger charge is 2.16. The van der Waals surface area contributed by atoms with Crippen molar-refractivity contribution in [1.29, 1.82) is 0 Å². The van der Waals surface area contributed by atoms with Crippen molar-refractivity contribution in [3.63, 3.8) is 0 Å². The highest BCUT2D eigenvalue weighted by atomic mass is 16.5. The van der Waals surface area contributed by atoms with Gasteiger partial charge in [0.05, 0.1) is 5.69 Å². The van der Waals surface area contributed by atoms with Gasteiger partial charge in [0.25, 0.3) is 0 Å². The topological polar surface area (TPSA) is 88.0 Å². The van der Waals surface area contributed by atoms with E-state index < -0.39 is 0 Å². The number of carbonyl (C=O) groups excluding carboxylic acids is 1. The van der Waals surface area contributed by atoms with Crippen molar-refractivity contribution in [3.8, 4) is 0 Å². The summed E-state index contributed by atoms with van der Waals surface area (Å²) in [4.78, 5) is 22.4. The van der Waals surface area contributed by atoms with E-state index in [1.165, 1.54) is 13.0 Å². The number of hydrogen-bond acceptors (Lipinski definition) is 6. The normalized spacial score (nSPS) is 12.0. The van der Waals surface area contributed by atoms with Gasteiger partial charge in [-0.25, -0.2) is 0 Å². The van der Waals surface area contributed by atoms with Gasteiger partial charge in [-0.15, -0.1) is 4.91 Å². The number of rotatable bonds is 7. The monoisotopic (exact) mass is 316 g/mol. The molecule has 0 saturated carbocycles.